The van der Waals surface area contributed by atoms with Gasteiger partial charge in [-0.25, -0.2) is 0 Å². The molecular formula is C13H14N2O5. The molecule has 20 heavy (non-hydrogen) atoms. The van der Waals surface area contributed by atoms with Gasteiger partial charge in [-0.2, -0.15) is 0 Å². The molecule has 2 rings (SSSR count). The summed E-state index contributed by atoms with van der Waals surface area (Å²) in [7, 11) is 0. The maximum atomic E-state index is 10.9. The van der Waals surface area contributed by atoms with Crippen LogP contribution in [0, 0.1) is 24.0 Å². The number of aryl methyl sites for hydroxylation is 2. The predicted molar refractivity (Wildman–Crippen MR) is 69.3 cm³/mol. The largest absolute Gasteiger partial charge is 0.482 e. The summed E-state index contributed by atoms with van der Waals surface area (Å²) < 4.78 is 10.5. The minimum Gasteiger partial charge on any atom is -0.482 e. The van der Waals surface area contributed by atoms with Crippen LogP contribution in [0.1, 0.15) is 22.6 Å². The summed E-state index contributed by atoms with van der Waals surface area (Å²) in [5.74, 6) is 0.727. The number of nitrogens with zero attached hydrogens (tertiary/aromatic N) is 2. The van der Waals surface area contributed by atoms with Crippen LogP contribution in [0.25, 0.3) is 0 Å². The van der Waals surface area contributed by atoms with Crippen molar-refractivity contribution in [2.75, 3.05) is 0 Å². The molecule has 0 saturated heterocycles. The van der Waals surface area contributed by atoms with Gasteiger partial charge in [0.2, 0.25) is 0 Å². The van der Waals surface area contributed by atoms with E-state index >= 15 is 0 Å². The highest BCUT2D eigenvalue weighted by molar-refractivity contribution is 5.48. The van der Waals surface area contributed by atoms with Crippen molar-refractivity contribution in [3.8, 4) is 5.75 Å². The zero-order valence-electron chi connectivity index (χ0n) is 11.1. The van der Waals surface area contributed by atoms with Crippen LogP contribution < -0.4 is 4.74 Å². The third kappa shape index (κ3) is 2.77. The van der Waals surface area contributed by atoms with E-state index < -0.39 is 4.92 Å². The summed E-state index contributed by atoms with van der Waals surface area (Å²) in [5, 5.41) is 23.8. The van der Waals surface area contributed by atoms with Crippen LogP contribution in [0.4, 0.5) is 5.69 Å². The number of nitro benzene ring substituents is 1. The molecule has 106 valence electrons. The van der Waals surface area contributed by atoms with Crippen LogP contribution in [0.2, 0.25) is 0 Å². The van der Waals surface area contributed by atoms with E-state index in [1.54, 1.807) is 13.8 Å². The van der Waals surface area contributed by atoms with Crippen molar-refractivity contribution in [3.05, 3.63) is 50.9 Å². The van der Waals surface area contributed by atoms with Crippen molar-refractivity contribution >= 4 is 5.69 Å². The Kier molecular flexibility index (Phi) is 3.99. The van der Waals surface area contributed by atoms with Gasteiger partial charge in [-0.15, -0.1) is 0 Å². The van der Waals surface area contributed by atoms with Gasteiger partial charge in [0, 0.05) is 6.07 Å². The molecule has 0 unspecified atom stereocenters. The lowest BCUT2D eigenvalue weighted by Gasteiger charge is -2.07. The Morgan fingerprint density at radius 2 is 2.20 bits per heavy atom. The van der Waals surface area contributed by atoms with Crippen LogP contribution in [0.15, 0.2) is 22.7 Å². The summed E-state index contributed by atoms with van der Waals surface area (Å²) in [6.45, 7) is 3.43. The normalized spacial score (nSPS) is 10.6. The van der Waals surface area contributed by atoms with Crippen molar-refractivity contribution in [2.24, 2.45) is 0 Å². The summed E-state index contributed by atoms with van der Waals surface area (Å²) in [4.78, 5) is 10.4. The first-order chi connectivity index (χ1) is 9.52. The van der Waals surface area contributed by atoms with Crippen LogP contribution in [0.5, 0.6) is 5.75 Å². The molecule has 0 aliphatic rings. The van der Waals surface area contributed by atoms with E-state index in [0.717, 1.165) is 5.56 Å². The Hall–Kier alpha value is -2.41. The Morgan fingerprint density at radius 3 is 2.75 bits per heavy atom. The first-order valence-electron chi connectivity index (χ1n) is 5.95. The molecule has 0 aliphatic carbocycles. The summed E-state index contributed by atoms with van der Waals surface area (Å²) in [6, 6.07) is 4.26. The average molecular weight is 278 g/mol. The summed E-state index contributed by atoms with van der Waals surface area (Å²) in [5.41, 5.74) is 1.84. The number of aliphatic hydroxyl groups is 1. The Bertz CT molecular complexity index is 616. The van der Waals surface area contributed by atoms with E-state index in [1.165, 1.54) is 18.2 Å². The zero-order valence-corrected chi connectivity index (χ0v) is 11.1. The van der Waals surface area contributed by atoms with Gasteiger partial charge in [0.15, 0.2) is 5.75 Å². The lowest BCUT2D eigenvalue weighted by atomic mass is 10.2. The van der Waals surface area contributed by atoms with Crippen molar-refractivity contribution < 1.29 is 19.3 Å². The van der Waals surface area contributed by atoms with Gasteiger partial charge in [-0.1, -0.05) is 5.16 Å². The van der Waals surface area contributed by atoms with E-state index in [0.29, 0.717) is 17.0 Å². The first kappa shape index (κ1) is 14.0. The van der Waals surface area contributed by atoms with E-state index in [1.807, 2.05) is 0 Å². The zero-order chi connectivity index (χ0) is 14.7. The second kappa shape index (κ2) is 5.70. The second-order valence-corrected chi connectivity index (χ2v) is 4.31. The third-order valence-electron chi connectivity index (χ3n) is 2.96. The molecule has 1 heterocycles. The SMILES string of the molecule is Cc1noc(C)c1COc1cc(CO)ccc1[N+](=O)[O-]. The number of aromatic nitrogens is 1. The van der Waals surface area contributed by atoms with Crippen LogP contribution in [-0.4, -0.2) is 15.2 Å². The quantitative estimate of drug-likeness (QED) is 0.665. The highest BCUT2D eigenvalue weighted by atomic mass is 16.6. The van der Waals surface area contributed by atoms with Gasteiger partial charge in [-0.3, -0.25) is 10.1 Å². The topological polar surface area (TPSA) is 98.6 Å². The van der Waals surface area contributed by atoms with Gasteiger partial charge in [0.1, 0.15) is 12.4 Å². The smallest absolute Gasteiger partial charge is 0.310 e. The summed E-state index contributed by atoms with van der Waals surface area (Å²) in [6.07, 6.45) is 0. The minimum absolute atomic E-state index is 0.113. The molecule has 0 fully saturated rings. The van der Waals surface area contributed by atoms with E-state index in [9.17, 15) is 10.1 Å². The van der Waals surface area contributed by atoms with Gasteiger partial charge in [0.05, 0.1) is 22.8 Å². The lowest BCUT2D eigenvalue weighted by Crippen LogP contribution is -2.01. The Morgan fingerprint density at radius 1 is 1.45 bits per heavy atom. The molecule has 1 aromatic heterocycles. The molecule has 0 saturated carbocycles. The maximum absolute atomic E-state index is 10.9. The predicted octanol–water partition coefficient (Wildman–Crippen LogP) is 2.27. The number of ether oxygens (including phenoxy) is 1. The number of nitro groups is 1. The average Bonchev–Trinajstić information content (AvgIpc) is 2.75. The maximum Gasteiger partial charge on any atom is 0.310 e. The molecule has 0 atom stereocenters. The molecule has 0 bridgehead atoms. The van der Waals surface area contributed by atoms with Crippen molar-refractivity contribution in [1.29, 1.82) is 0 Å². The highest BCUT2D eigenvalue weighted by Gasteiger charge is 2.17. The van der Waals surface area contributed by atoms with Gasteiger partial charge in [0.25, 0.3) is 0 Å². The Balaban J connectivity index is 2.26. The molecule has 0 aliphatic heterocycles. The second-order valence-electron chi connectivity index (χ2n) is 4.31. The highest BCUT2D eigenvalue weighted by Crippen LogP contribution is 2.29. The van der Waals surface area contributed by atoms with Crippen LogP contribution in [0.3, 0.4) is 0 Å². The fraction of sp³-hybridized carbons (Fsp3) is 0.308. The molecular weight excluding hydrogens is 264 g/mol. The molecule has 0 amide bonds. The molecule has 1 aromatic carbocycles. The third-order valence-corrected chi connectivity index (χ3v) is 2.96. The number of hydrogen-bond donors (Lipinski definition) is 1. The fourth-order valence-electron chi connectivity index (χ4n) is 1.78. The van der Waals surface area contributed by atoms with E-state index in [2.05, 4.69) is 5.16 Å². The summed E-state index contributed by atoms with van der Waals surface area (Å²) >= 11 is 0. The molecule has 1 N–H and O–H groups in total. The van der Waals surface area contributed by atoms with Crippen molar-refractivity contribution in [3.63, 3.8) is 0 Å². The number of benzene rings is 1. The van der Waals surface area contributed by atoms with Gasteiger partial charge >= 0.3 is 5.69 Å². The van der Waals surface area contributed by atoms with E-state index in [4.69, 9.17) is 14.4 Å². The van der Waals surface area contributed by atoms with Gasteiger partial charge in [-0.05, 0) is 31.5 Å². The lowest BCUT2D eigenvalue weighted by molar-refractivity contribution is -0.386. The molecule has 7 heteroatoms. The standard InChI is InChI=1S/C13H14N2O5/c1-8-11(9(2)20-14-8)7-19-13-5-10(6-16)3-4-12(13)15(17)18/h3-5,16H,6-7H2,1-2H3. The van der Waals surface area contributed by atoms with Gasteiger partial charge < -0.3 is 14.4 Å². The molecule has 2 aromatic rings. The number of aliphatic hydroxyl groups excluding tert-OH is 1. The monoisotopic (exact) mass is 278 g/mol. The molecule has 0 spiro atoms. The number of hydrogen-bond acceptors (Lipinski definition) is 6. The van der Waals surface area contributed by atoms with Crippen molar-refractivity contribution in [1.82, 2.24) is 5.16 Å². The van der Waals surface area contributed by atoms with Crippen molar-refractivity contribution in [2.45, 2.75) is 27.1 Å². The molecule has 0 radical (unpaired) electrons. The number of rotatable bonds is 5. The van der Waals surface area contributed by atoms with Crippen LogP contribution in [-0.2, 0) is 13.2 Å². The minimum atomic E-state index is -0.524. The van der Waals surface area contributed by atoms with E-state index in [-0.39, 0.29) is 24.7 Å². The van der Waals surface area contributed by atoms with Crippen LogP contribution >= 0.6 is 0 Å². The Labute approximate surface area is 114 Å². The fourth-order valence-corrected chi connectivity index (χ4v) is 1.78. The first-order valence-corrected chi connectivity index (χ1v) is 5.95. The molecule has 7 nitrogen and oxygen atoms in total.